The topological polar surface area (TPSA) is 24.1 Å². The van der Waals surface area contributed by atoms with Crippen molar-refractivity contribution >= 4 is 0 Å². The second-order valence-electron chi connectivity index (χ2n) is 2.22. The first kappa shape index (κ1) is 12.5. The van der Waals surface area contributed by atoms with Gasteiger partial charge in [-0.3, -0.25) is 10.6 Å². The molecule has 0 bridgehead atoms. The molecule has 13 heavy (non-hydrogen) atoms. The molecule has 0 fully saturated rings. The Morgan fingerprint density at radius 2 is 0.923 bits per heavy atom. The van der Waals surface area contributed by atoms with Crippen LogP contribution in [-0.2, 0) is 0 Å². The summed E-state index contributed by atoms with van der Waals surface area (Å²) in [5.74, 6) is -5.50. The van der Waals surface area contributed by atoms with Crippen molar-refractivity contribution in [3.8, 4) is 0 Å². The Hall–Kier alpha value is -0.500. The van der Waals surface area contributed by atoms with Gasteiger partial charge in [0.2, 0.25) is 0 Å². The molecule has 0 aromatic carbocycles. The van der Waals surface area contributed by atoms with Crippen molar-refractivity contribution in [3.63, 3.8) is 0 Å². The molecule has 0 amide bonds. The monoisotopic (exact) mass is 210 g/mol. The highest BCUT2D eigenvalue weighted by atomic mass is 19.3. The van der Waals surface area contributed by atoms with Gasteiger partial charge in [-0.1, -0.05) is 0 Å². The predicted octanol–water partition coefficient (Wildman–Crippen LogP) is 1.25. The molecule has 0 spiro atoms. The van der Waals surface area contributed by atoms with Gasteiger partial charge >= 0.3 is 18.0 Å². The van der Waals surface area contributed by atoms with Crippen LogP contribution in [0.25, 0.3) is 0 Å². The lowest BCUT2D eigenvalue weighted by atomic mass is 10.2. The standard InChI is InChI=1S/C5H8F6N2/c1-12-4(8,9)3(6,7)5(10,11)13-2/h12-13H,1-2H3. The van der Waals surface area contributed by atoms with Crippen LogP contribution in [0.5, 0.6) is 0 Å². The van der Waals surface area contributed by atoms with Crippen LogP contribution in [0.1, 0.15) is 0 Å². The Labute approximate surface area is 70.3 Å². The largest absolute Gasteiger partial charge is 0.400 e. The van der Waals surface area contributed by atoms with Gasteiger partial charge in [-0.15, -0.1) is 0 Å². The van der Waals surface area contributed by atoms with Crippen LogP contribution in [0.15, 0.2) is 0 Å². The van der Waals surface area contributed by atoms with E-state index in [9.17, 15) is 26.3 Å². The number of nitrogens with one attached hydrogen (secondary N) is 2. The van der Waals surface area contributed by atoms with Crippen molar-refractivity contribution in [3.05, 3.63) is 0 Å². The van der Waals surface area contributed by atoms with E-state index in [0.29, 0.717) is 14.1 Å². The van der Waals surface area contributed by atoms with Crippen LogP contribution < -0.4 is 10.6 Å². The number of alkyl halides is 6. The fraction of sp³-hybridized carbons (Fsp3) is 1.00. The molecule has 0 aromatic rings. The zero-order chi connectivity index (χ0) is 10.9. The third-order valence-corrected chi connectivity index (χ3v) is 1.42. The molecule has 0 aliphatic carbocycles. The summed E-state index contributed by atoms with van der Waals surface area (Å²) in [5.41, 5.74) is 0. The molecule has 0 aliphatic heterocycles. The number of hydrogen-bond donors (Lipinski definition) is 2. The summed E-state index contributed by atoms with van der Waals surface area (Å²) in [5, 5.41) is 1.64. The molecule has 0 saturated heterocycles. The normalized spacial score (nSPS) is 14.8. The van der Waals surface area contributed by atoms with Gasteiger partial charge in [-0.05, 0) is 14.1 Å². The van der Waals surface area contributed by atoms with Crippen LogP contribution in [0, 0.1) is 0 Å². The van der Waals surface area contributed by atoms with Crippen molar-refractivity contribution in [1.29, 1.82) is 0 Å². The van der Waals surface area contributed by atoms with Crippen molar-refractivity contribution in [1.82, 2.24) is 10.6 Å². The van der Waals surface area contributed by atoms with E-state index in [1.54, 1.807) is 0 Å². The Morgan fingerprint density at radius 3 is 1.08 bits per heavy atom. The van der Waals surface area contributed by atoms with Crippen LogP contribution in [0.2, 0.25) is 0 Å². The van der Waals surface area contributed by atoms with Gasteiger partial charge in [0.1, 0.15) is 0 Å². The third-order valence-electron chi connectivity index (χ3n) is 1.42. The average Bonchev–Trinajstić information content (AvgIpc) is 2.03. The first-order chi connectivity index (χ1) is 5.62. The van der Waals surface area contributed by atoms with Gasteiger partial charge < -0.3 is 0 Å². The van der Waals surface area contributed by atoms with Crippen LogP contribution in [0.3, 0.4) is 0 Å². The Morgan fingerprint density at radius 1 is 0.692 bits per heavy atom. The molecule has 0 unspecified atom stereocenters. The van der Waals surface area contributed by atoms with Gasteiger partial charge in [-0.2, -0.15) is 26.3 Å². The highest BCUT2D eigenvalue weighted by Gasteiger charge is 2.70. The van der Waals surface area contributed by atoms with Gasteiger partial charge in [-0.25, -0.2) is 0 Å². The van der Waals surface area contributed by atoms with E-state index < -0.39 is 18.0 Å². The Kier molecular flexibility index (Phi) is 3.21. The molecule has 0 heterocycles. The molecule has 0 saturated carbocycles. The minimum absolute atomic E-state index is 0.458. The van der Waals surface area contributed by atoms with Crippen molar-refractivity contribution in [2.24, 2.45) is 0 Å². The summed E-state index contributed by atoms with van der Waals surface area (Å²) in [4.78, 5) is 0. The van der Waals surface area contributed by atoms with Crippen molar-refractivity contribution in [2.45, 2.75) is 18.0 Å². The Bertz CT molecular complexity index is 162. The lowest BCUT2D eigenvalue weighted by Gasteiger charge is -2.31. The zero-order valence-corrected chi connectivity index (χ0v) is 6.77. The lowest BCUT2D eigenvalue weighted by Crippen LogP contribution is -2.64. The van der Waals surface area contributed by atoms with E-state index in [0.717, 1.165) is 10.6 Å². The fourth-order valence-electron chi connectivity index (χ4n) is 0.511. The molecule has 0 atom stereocenters. The van der Waals surface area contributed by atoms with Gasteiger partial charge in [0, 0.05) is 0 Å². The SMILES string of the molecule is CNC(F)(F)C(F)(F)C(F)(F)NC. The molecule has 8 heteroatoms. The molecular formula is C5H8F6N2. The van der Waals surface area contributed by atoms with Crippen molar-refractivity contribution < 1.29 is 26.3 Å². The fourth-order valence-corrected chi connectivity index (χ4v) is 0.511. The van der Waals surface area contributed by atoms with E-state index in [1.165, 1.54) is 0 Å². The second-order valence-corrected chi connectivity index (χ2v) is 2.22. The molecule has 0 aliphatic rings. The summed E-state index contributed by atoms with van der Waals surface area (Å²) in [6.07, 6.45) is 0. The number of hydrogen-bond acceptors (Lipinski definition) is 2. The smallest absolute Gasteiger partial charge is 0.256 e. The molecule has 2 N–H and O–H groups in total. The van der Waals surface area contributed by atoms with Gasteiger partial charge in [0.05, 0.1) is 0 Å². The van der Waals surface area contributed by atoms with Crippen LogP contribution in [-0.4, -0.2) is 32.1 Å². The van der Waals surface area contributed by atoms with E-state index in [2.05, 4.69) is 0 Å². The quantitative estimate of drug-likeness (QED) is 0.539. The van der Waals surface area contributed by atoms with E-state index in [1.807, 2.05) is 0 Å². The predicted molar refractivity (Wildman–Crippen MR) is 33.0 cm³/mol. The first-order valence-electron chi connectivity index (χ1n) is 3.13. The average molecular weight is 210 g/mol. The highest BCUT2D eigenvalue weighted by Crippen LogP contribution is 2.42. The Balaban J connectivity index is 4.95. The summed E-state index contributed by atoms with van der Waals surface area (Å²) in [6.45, 7) is 0. The summed E-state index contributed by atoms with van der Waals surface area (Å²) in [6, 6.07) is -9.95. The molecule has 0 radical (unpaired) electrons. The first-order valence-corrected chi connectivity index (χ1v) is 3.13. The summed E-state index contributed by atoms with van der Waals surface area (Å²) >= 11 is 0. The zero-order valence-electron chi connectivity index (χ0n) is 6.77. The molecule has 0 aromatic heterocycles. The minimum atomic E-state index is -5.50. The van der Waals surface area contributed by atoms with Crippen LogP contribution in [0.4, 0.5) is 26.3 Å². The maximum Gasteiger partial charge on any atom is 0.400 e. The van der Waals surface area contributed by atoms with Gasteiger partial charge in [0.15, 0.2) is 0 Å². The van der Waals surface area contributed by atoms with Crippen LogP contribution >= 0.6 is 0 Å². The lowest BCUT2D eigenvalue weighted by molar-refractivity contribution is -0.325. The van der Waals surface area contributed by atoms with Crippen molar-refractivity contribution in [2.75, 3.05) is 14.1 Å². The summed E-state index contributed by atoms with van der Waals surface area (Å²) < 4.78 is 73.6. The van der Waals surface area contributed by atoms with Gasteiger partial charge in [0.25, 0.3) is 0 Å². The molecule has 0 rings (SSSR count). The second kappa shape index (κ2) is 3.33. The van der Waals surface area contributed by atoms with E-state index >= 15 is 0 Å². The third kappa shape index (κ3) is 1.88. The molecule has 80 valence electrons. The maximum absolute atomic E-state index is 12.4. The molecule has 2 nitrogen and oxygen atoms in total. The maximum atomic E-state index is 12.4. The minimum Gasteiger partial charge on any atom is -0.256 e. The van der Waals surface area contributed by atoms with E-state index in [4.69, 9.17) is 0 Å². The number of rotatable bonds is 4. The molecular weight excluding hydrogens is 202 g/mol. The number of halogens is 6. The summed E-state index contributed by atoms with van der Waals surface area (Å²) in [7, 11) is 0.916. The van der Waals surface area contributed by atoms with E-state index in [-0.39, 0.29) is 0 Å². The highest BCUT2D eigenvalue weighted by molar-refractivity contribution is 4.91.